The van der Waals surface area contributed by atoms with Crippen molar-refractivity contribution in [2.75, 3.05) is 26.2 Å². The fourth-order valence-electron chi connectivity index (χ4n) is 2.87. The van der Waals surface area contributed by atoms with E-state index in [0.29, 0.717) is 5.92 Å². The summed E-state index contributed by atoms with van der Waals surface area (Å²) in [6.45, 7) is 11.4. The lowest BCUT2D eigenvalue weighted by Crippen LogP contribution is -2.46. The molecule has 0 unspecified atom stereocenters. The maximum absolute atomic E-state index is 5.44. The van der Waals surface area contributed by atoms with Gasteiger partial charge in [0, 0.05) is 51.0 Å². The zero-order valence-corrected chi connectivity index (χ0v) is 14.1. The Hall–Kier alpha value is -1.79. The second-order valence-electron chi connectivity index (χ2n) is 6.49. The minimum atomic E-state index is 0.176. The van der Waals surface area contributed by atoms with Crippen LogP contribution in [0, 0.1) is 0 Å². The van der Waals surface area contributed by atoms with E-state index >= 15 is 0 Å². The summed E-state index contributed by atoms with van der Waals surface area (Å²) >= 11 is 0. The Kier molecular flexibility index (Phi) is 5.03. The van der Waals surface area contributed by atoms with Gasteiger partial charge in [-0.1, -0.05) is 25.1 Å². The van der Waals surface area contributed by atoms with Crippen molar-refractivity contribution in [3.63, 3.8) is 0 Å². The molecule has 1 saturated heterocycles. The summed E-state index contributed by atoms with van der Waals surface area (Å²) in [5, 5.41) is 4.07. The Labute approximate surface area is 137 Å². The molecule has 1 atom stereocenters. The van der Waals surface area contributed by atoms with Gasteiger partial charge in [-0.05, 0) is 18.6 Å². The Balaban J connectivity index is 1.53. The molecule has 0 bridgehead atoms. The molecule has 0 aliphatic carbocycles. The van der Waals surface area contributed by atoms with Gasteiger partial charge in [0.05, 0.1) is 6.04 Å². The first-order chi connectivity index (χ1) is 11.1. The largest absolute Gasteiger partial charge is 0.338 e. The summed E-state index contributed by atoms with van der Waals surface area (Å²) in [7, 11) is 0. The minimum absolute atomic E-state index is 0.176. The first-order valence-corrected chi connectivity index (χ1v) is 8.32. The standard InChI is InChI=1S/C17H25N5O/c1-13(2)16-19-17(23-20-16)14(3)22-9-7-21(8-10-22)12-15-5-4-6-18-11-15/h4-6,11,13-14H,7-10,12H2,1-3H3/t14-/m0/s1. The SMILES string of the molecule is CC(C)c1noc([C@H](C)N2CCN(Cc3cccnc3)CC2)n1. The van der Waals surface area contributed by atoms with Crippen molar-refractivity contribution in [2.45, 2.75) is 39.3 Å². The zero-order chi connectivity index (χ0) is 16.2. The molecule has 0 saturated carbocycles. The predicted octanol–water partition coefficient (Wildman–Crippen LogP) is 2.47. The van der Waals surface area contributed by atoms with Crippen molar-refractivity contribution in [3.05, 3.63) is 41.8 Å². The fraction of sp³-hybridized carbons (Fsp3) is 0.588. The maximum atomic E-state index is 5.44. The molecule has 1 aliphatic heterocycles. The first-order valence-electron chi connectivity index (χ1n) is 8.32. The maximum Gasteiger partial charge on any atom is 0.243 e. The van der Waals surface area contributed by atoms with Crippen LogP contribution in [0.1, 0.15) is 50.0 Å². The van der Waals surface area contributed by atoms with Crippen LogP contribution in [0.2, 0.25) is 0 Å². The van der Waals surface area contributed by atoms with Crippen LogP contribution in [0.25, 0.3) is 0 Å². The molecule has 6 heteroatoms. The Morgan fingerprint density at radius 1 is 1.17 bits per heavy atom. The van der Waals surface area contributed by atoms with Crippen molar-refractivity contribution in [2.24, 2.45) is 0 Å². The van der Waals surface area contributed by atoms with E-state index in [2.05, 4.69) is 51.8 Å². The third kappa shape index (κ3) is 3.95. The highest BCUT2D eigenvalue weighted by Crippen LogP contribution is 2.22. The number of hydrogen-bond acceptors (Lipinski definition) is 6. The molecule has 0 N–H and O–H groups in total. The number of nitrogens with zero attached hydrogens (tertiary/aromatic N) is 5. The molecule has 1 aliphatic rings. The lowest BCUT2D eigenvalue weighted by Gasteiger charge is -2.36. The highest BCUT2D eigenvalue weighted by Gasteiger charge is 2.26. The van der Waals surface area contributed by atoms with E-state index in [1.807, 2.05) is 18.5 Å². The lowest BCUT2D eigenvalue weighted by molar-refractivity contribution is 0.0845. The topological polar surface area (TPSA) is 58.3 Å². The molecule has 0 radical (unpaired) electrons. The van der Waals surface area contributed by atoms with Crippen molar-refractivity contribution in [1.29, 1.82) is 0 Å². The van der Waals surface area contributed by atoms with Gasteiger partial charge in [0.2, 0.25) is 5.89 Å². The van der Waals surface area contributed by atoms with Crippen LogP contribution < -0.4 is 0 Å². The molecular weight excluding hydrogens is 290 g/mol. The van der Waals surface area contributed by atoms with Crippen molar-refractivity contribution < 1.29 is 4.52 Å². The highest BCUT2D eigenvalue weighted by molar-refractivity contribution is 5.08. The van der Waals surface area contributed by atoms with Gasteiger partial charge < -0.3 is 4.52 Å². The lowest BCUT2D eigenvalue weighted by atomic mass is 10.2. The fourth-order valence-corrected chi connectivity index (χ4v) is 2.87. The summed E-state index contributed by atoms with van der Waals surface area (Å²) in [4.78, 5) is 13.6. The van der Waals surface area contributed by atoms with Crippen LogP contribution in [0.15, 0.2) is 29.0 Å². The summed E-state index contributed by atoms with van der Waals surface area (Å²) in [6.07, 6.45) is 3.76. The summed E-state index contributed by atoms with van der Waals surface area (Å²) in [5.41, 5.74) is 1.27. The van der Waals surface area contributed by atoms with Gasteiger partial charge in [-0.2, -0.15) is 4.98 Å². The van der Waals surface area contributed by atoms with Gasteiger partial charge in [-0.3, -0.25) is 14.8 Å². The summed E-state index contributed by atoms with van der Waals surface area (Å²) < 4.78 is 5.44. The van der Waals surface area contributed by atoms with E-state index in [1.165, 1.54) is 5.56 Å². The van der Waals surface area contributed by atoms with Gasteiger partial charge in [-0.15, -0.1) is 0 Å². The number of hydrogen-bond donors (Lipinski definition) is 0. The van der Waals surface area contributed by atoms with E-state index in [9.17, 15) is 0 Å². The van der Waals surface area contributed by atoms with Crippen LogP contribution >= 0.6 is 0 Å². The number of aromatic nitrogens is 3. The normalized spacial score (nSPS) is 18.4. The van der Waals surface area contributed by atoms with E-state index in [-0.39, 0.29) is 6.04 Å². The number of pyridine rings is 1. The Bertz CT molecular complexity index is 604. The monoisotopic (exact) mass is 315 g/mol. The van der Waals surface area contributed by atoms with Crippen molar-refractivity contribution in [3.8, 4) is 0 Å². The van der Waals surface area contributed by atoms with E-state index < -0.39 is 0 Å². The Morgan fingerprint density at radius 3 is 2.57 bits per heavy atom. The second-order valence-corrected chi connectivity index (χ2v) is 6.49. The van der Waals surface area contributed by atoms with Gasteiger partial charge in [0.15, 0.2) is 5.82 Å². The van der Waals surface area contributed by atoms with E-state index in [4.69, 9.17) is 4.52 Å². The molecule has 23 heavy (non-hydrogen) atoms. The molecule has 2 aromatic rings. The number of piperazine rings is 1. The number of rotatable bonds is 5. The molecule has 0 spiro atoms. The predicted molar refractivity (Wildman–Crippen MR) is 87.9 cm³/mol. The minimum Gasteiger partial charge on any atom is -0.338 e. The van der Waals surface area contributed by atoms with Crippen LogP contribution in [-0.4, -0.2) is 51.1 Å². The van der Waals surface area contributed by atoms with Gasteiger partial charge in [-0.25, -0.2) is 0 Å². The average molecular weight is 315 g/mol. The Morgan fingerprint density at radius 2 is 1.96 bits per heavy atom. The molecular formula is C17H25N5O. The van der Waals surface area contributed by atoms with Crippen LogP contribution in [0.4, 0.5) is 0 Å². The van der Waals surface area contributed by atoms with Gasteiger partial charge in [0.25, 0.3) is 0 Å². The third-order valence-corrected chi connectivity index (χ3v) is 4.41. The smallest absolute Gasteiger partial charge is 0.243 e. The van der Waals surface area contributed by atoms with Crippen LogP contribution in [-0.2, 0) is 6.54 Å². The molecule has 3 rings (SSSR count). The molecule has 0 amide bonds. The molecule has 1 fully saturated rings. The average Bonchev–Trinajstić information content (AvgIpc) is 3.06. The van der Waals surface area contributed by atoms with E-state index in [0.717, 1.165) is 44.4 Å². The zero-order valence-electron chi connectivity index (χ0n) is 14.1. The van der Waals surface area contributed by atoms with Crippen molar-refractivity contribution >= 4 is 0 Å². The highest BCUT2D eigenvalue weighted by atomic mass is 16.5. The summed E-state index contributed by atoms with van der Waals surface area (Å²) in [6, 6.07) is 4.30. The molecule has 2 aromatic heterocycles. The van der Waals surface area contributed by atoms with Gasteiger partial charge >= 0.3 is 0 Å². The second kappa shape index (κ2) is 7.19. The van der Waals surface area contributed by atoms with Crippen molar-refractivity contribution in [1.82, 2.24) is 24.9 Å². The van der Waals surface area contributed by atoms with Gasteiger partial charge in [0.1, 0.15) is 0 Å². The van der Waals surface area contributed by atoms with E-state index in [1.54, 1.807) is 0 Å². The molecule has 6 nitrogen and oxygen atoms in total. The molecule has 124 valence electrons. The quantitative estimate of drug-likeness (QED) is 0.845. The molecule has 0 aromatic carbocycles. The van der Waals surface area contributed by atoms with Crippen LogP contribution in [0.5, 0.6) is 0 Å². The summed E-state index contributed by atoms with van der Waals surface area (Å²) in [5.74, 6) is 1.83. The van der Waals surface area contributed by atoms with Crippen LogP contribution in [0.3, 0.4) is 0 Å². The molecule has 3 heterocycles. The first kappa shape index (κ1) is 16.1. The third-order valence-electron chi connectivity index (χ3n) is 4.41.